The summed E-state index contributed by atoms with van der Waals surface area (Å²) >= 11 is 10.8. The summed E-state index contributed by atoms with van der Waals surface area (Å²) in [5.41, 5.74) is -0.489. The SMILES string of the molecule is CCc1cc(=O)oc2nc(S(C)=O)[nH]c(=O)c12.CCc1cc(=O)oc2nc(SC)[nH]c(=O)c12.ClCCl. The molecule has 0 saturated heterocycles. The minimum Gasteiger partial charge on any atom is -0.403 e. The number of nitrogens with one attached hydrogen (secondary N) is 2. The van der Waals surface area contributed by atoms with Gasteiger partial charge in [-0.05, 0) is 30.2 Å². The van der Waals surface area contributed by atoms with Crippen LogP contribution in [0.25, 0.3) is 22.2 Å². The predicted molar refractivity (Wildman–Crippen MR) is 141 cm³/mol. The largest absolute Gasteiger partial charge is 0.403 e. The van der Waals surface area contributed by atoms with Crippen LogP contribution in [0.15, 0.2) is 50.5 Å². The fraction of sp³-hybridized carbons (Fsp3) is 0.333. The van der Waals surface area contributed by atoms with E-state index in [0.29, 0.717) is 34.5 Å². The summed E-state index contributed by atoms with van der Waals surface area (Å²) < 4.78 is 21.0. The zero-order chi connectivity index (χ0) is 27.0. The molecular weight excluding hydrogens is 555 g/mol. The van der Waals surface area contributed by atoms with Gasteiger partial charge in [0.1, 0.15) is 10.8 Å². The topological polar surface area (TPSA) is 169 Å². The van der Waals surface area contributed by atoms with E-state index in [0.717, 1.165) is 0 Å². The molecule has 4 aromatic rings. The third-order valence-corrected chi connectivity index (χ3v) is 5.90. The second-order valence-electron chi connectivity index (χ2n) is 6.75. The number of fused-ring (bicyclic) bond motifs is 2. The Kier molecular flexibility index (Phi) is 11.1. The minimum atomic E-state index is -1.44. The first-order valence-corrected chi connectivity index (χ1v) is 14.1. The van der Waals surface area contributed by atoms with Crippen LogP contribution in [-0.4, -0.2) is 42.0 Å². The van der Waals surface area contributed by atoms with E-state index in [1.54, 1.807) is 6.26 Å². The summed E-state index contributed by atoms with van der Waals surface area (Å²) in [5.74, 6) is 0. The molecule has 0 aliphatic rings. The van der Waals surface area contributed by atoms with Crippen LogP contribution in [0.3, 0.4) is 0 Å². The Labute approximate surface area is 220 Å². The average molecular weight is 577 g/mol. The van der Waals surface area contributed by atoms with Gasteiger partial charge < -0.3 is 13.8 Å². The first-order chi connectivity index (χ1) is 17.1. The summed E-state index contributed by atoms with van der Waals surface area (Å²) in [6, 6.07) is 2.60. The molecule has 194 valence electrons. The van der Waals surface area contributed by atoms with Crippen LogP contribution in [0.4, 0.5) is 0 Å². The Bertz CT molecular complexity index is 1630. The van der Waals surface area contributed by atoms with Gasteiger partial charge in [-0.3, -0.25) is 18.8 Å². The maximum Gasteiger partial charge on any atom is 0.337 e. The molecule has 36 heavy (non-hydrogen) atoms. The van der Waals surface area contributed by atoms with E-state index >= 15 is 0 Å². The highest BCUT2D eigenvalue weighted by Gasteiger charge is 2.13. The van der Waals surface area contributed by atoms with Crippen molar-refractivity contribution in [3.8, 4) is 0 Å². The van der Waals surface area contributed by atoms with Crippen LogP contribution in [0.5, 0.6) is 0 Å². The van der Waals surface area contributed by atoms with Gasteiger partial charge in [0.05, 0.1) is 16.1 Å². The summed E-state index contributed by atoms with van der Waals surface area (Å²) in [5, 5.41) is 1.23. The predicted octanol–water partition coefficient (Wildman–Crippen LogP) is 2.76. The number of hydrogen-bond acceptors (Lipinski definition) is 10. The Morgan fingerprint density at radius 3 is 1.75 bits per heavy atom. The molecule has 4 aromatic heterocycles. The maximum atomic E-state index is 11.8. The van der Waals surface area contributed by atoms with Crippen LogP contribution in [-0.2, 0) is 23.6 Å². The summed E-state index contributed by atoms with van der Waals surface area (Å²) in [4.78, 5) is 59.1. The number of aromatic nitrogens is 4. The van der Waals surface area contributed by atoms with Crippen molar-refractivity contribution in [3.63, 3.8) is 0 Å². The highest BCUT2D eigenvalue weighted by Crippen LogP contribution is 2.14. The molecule has 0 aliphatic carbocycles. The number of alkyl halides is 2. The second-order valence-corrected chi connectivity index (χ2v) is 9.65. The van der Waals surface area contributed by atoms with Crippen LogP contribution >= 0.6 is 35.0 Å². The highest BCUT2D eigenvalue weighted by molar-refractivity contribution is 7.98. The number of halogens is 2. The first kappa shape index (κ1) is 29.5. The van der Waals surface area contributed by atoms with Gasteiger partial charge in [-0.25, -0.2) is 9.59 Å². The molecule has 0 saturated carbocycles. The van der Waals surface area contributed by atoms with Gasteiger partial charge in [0.2, 0.25) is 16.6 Å². The molecule has 0 radical (unpaired) electrons. The van der Waals surface area contributed by atoms with Crippen molar-refractivity contribution in [1.82, 2.24) is 19.9 Å². The zero-order valence-electron chi connectivity index (χ0n) is 19.6. The lowest BCUT2D eigenvalue weighted by Gasteiger charge is -2.02. The Hall–Kier alpha value is -2.74. The van der Waals surface area contributed by atoms with E-state index in [-0.39, 0.29) is 32.9 Å². The van der Waals surface area contributed by atoms with Crippen LogP contribution in [0, 0.1) is 0 Å². The monoisotopic (exact) mass is 576 g/mol. The molecule has 4 rings (SSSR count). The molecule has 2 N–H and O–H groups in total. The highest BCUT2D eigenvalue weighted by atomic mass is 35.5. The van der Waals surface area contributed by atoms with Gasteiger partial charge in [0, 0.05) is 18.4 Å². The number of H-pyrrole nitrogens is 2. The van der Waals surface area contributed by atoms with E-state index in [2.05, 4.69) is 19.9 Å². The number of rotatable bonds is 4. The molecule has 1 unspecified atom stereocenters. The maximum absolute atomic E-state index is 11.8. The van der Waals surface area contributed by atoms with Crippen molar-refractivity contribution in [2.45, 2.75) is 37.0 Å². The fourth-order valence-corrected chi connectivity index (χ4v) is 3.87. The summed E-state index contributed by atoms with van der Waals surface area (Å²) in [7, 11) is -1.44. The lowest BCUT2D eigenvalue weighted by Crippen LogP contribution is -2.16. The zero-order valence-corrected chi connectivity index (χ0v) is 22.7. The molecule has 1 atom stereocenters. The van der Waals surface area contributed by atoms with Gasteiger partial charge in [-0.2, -0.15) is 9.97 Å². The number of thioether (sulfide) groups is 1. The molecule has 0 spiro atoms. The van der Waals surface area contributed by atoms with E-state index < -0.39 is 27.6 Å². The minimum absolute atomic E-state index is 0.00102. The standard InChI is InChI=1S/C10H10N2O4S.C10H10N2O3S.CH2Cl2/c1-3-5-4-6(13)16-9-7(5)8(14)11-10(12-9)17(2)15;1-3-5-4-6(13)15-9-7(5)8(14)11-10(12-9)16-2;2-1-3/h4H,3H2,1-2H3,(H,11,12,14);4H,3H2,1-2H3,(H,11,12,14);1H2. The number of hydrogen-bond donors (Lipinski definition) is 2. The van der Waals surface area contributed by atoms with Gasteiger partial charge in [-0.1, -0.05) is 25.6 Å². The van der Waals surface area contributed by atoms with Crippen molar-refractivity contribution in [2.24, 2.45) is 0 Å². The third kappa shape index (κ3) is 7.15. The number of aromatic amines is 2. The van der Waals surface area contributed by atoms with Gasteiger partial charge in [0.15, 0.2) is 5.16 Å². The Balaban J connectivity index is 0.000000229. The first-order valence-electron chi connectivity index (χ1n) is 10.2. The molecule has 0 aliphatic heterocycles. The molecule has 0 aromatic carbocycles. The van der Waals surface area contributed by atoms with Crippen LogP contribution < -0.4 is 22.4 Å². The van der Waals surface area contributed by atoms with E-state index in [1.165, 1.54) is 30.2 Å². The molecule has 0 bridgehead atoms. The van der Waals surface area contributed by atoms with E-state index in [1.807, 2.05) is 13.8 Å². The number of nitrogens with zero attached hydrogens (tertiary/aromatic N) is 2. The van der Waals surface area contributed by atoms with Crippen molar-refractivity contribution in [1.29, 1.82) is 0 Å². The molecule has 0 amide bonds. The van der Waals surface area contributed by atoms with Crippen molar-refractivity contribution >= 4 is 68.0 Å². The second kappa shape index (κ2) is 13.5. The number of aryl methyl sites for hydroxylation is 2. The van der Waals surface area contributed by atoms with Gasteiger partial charge in [-0.15, -0.1) is 23.2 Å². The lowest BCUT2D eigenvalue weighted by molar-refractivity contribution is 0.540. The van der Waals surface area contributed by atoms with E-state index in [4.69, 9.17) is 32.0 Å². The molecule has 11 nitrogen and oxygen atoms in total. The third-order valence-electron chi connectivity index (χ3n) is 4.58. The lowest BCUT2D eigenvalue weighted by atomic mass is 10.1. The van der Waals surface area contributed by atoms with Gasteiger partial charge >= 0.3 is 11.3 Å². The molecule has 4 heterocycles. The normalized spacial score (nSPS) is 11.4. The van der Waals surface area contributed by atoms with Crippen LogP contribution in [0.1, 0.15) is 25.0 Å². The van der Waals surface area contributed by atoms with Crippen molar-refractivity contribution in [2.75, 3.05) is 17.9 Å². The van der Waals surface area contributed by atoms with Gasteiger partial charge in [0.25, 0.3) is 11.1 Å². The van der Waals surface area contributed by atoms with Crippen molar-refractivity contribution in [3.05, 3.63) is 64.8 Å². The average Bonchev–Trinajstić information content (AvgIpc) is 2.82. The molecule has 0 fully saturated rings. The Morgan fingerprint density at radius 1 is 0.889 bits per heavy atom. The smallest absolute Gasteiger partial charge is 0.337 e. The fourth-order valence-electron chi connectivity index (χ4n) is 3.05. The van der Waals surface area contributed by atoms with Crippen LogP contribution in [0.2, 0.25) is 0 Å². The summed E-state index contributed by atoms with van der Waals surface area (Å²) in [6.45, 7) is 3.69. The van der Waals surface area contributed by atoms with E-state index in [9.17, 15) is 23.4 Å². The quantitative estimate of drug-likeness (QED) is 0.209. The summed E-state index contributed by atoms with van der Waals surface area (Å²) in [6.07, 6.45) is 4.27. The molecule has 15 heteroatoms. The Morgan fingerprint density at radius 2 is 1.33 bits per heavy atom. The van der Waals surface area contributed by atoms with Crippen molar-refractivity contribution < 1.29 is 13.0 Å². The molecular formula is C21H22Cl2N4O7S2.